The standard InChI is InChI=1S/C17H34N4O/c1-3-18-17(19-9-5-11-22-14-15-6-7-15)20-12-16-8-10-21(4-2)13-16/h15-16H,3-14H2,1-2H3,(H2,18,19,20). The zero-order valence-electron chi connectivity index (χ0n) is 14.4. The van der Waals surface area contributed by atoms with Gasteiger partial charge in [-0.25, -0.2) is 0 Å². The maximum absolute atomic E-state index is 5.66. The number of rotatable bonds is 10. The van der Waals surface area contributed by atoms with Crippen molar-refractivity contribution in [3.8, 4) is 0 Å². The number of likely N-dealkylation sites (tertiary alicyclic amines) is 1. The van der Waals surface area contributed by atoms with E-state index in [1.54, 1.807) is 0 Å². The van der Waals surface area contributed by atoms with Gasteiger partial charge in [-0.1, -0.05) is 6.92 Å². The van der Waals surface area contributed by atoms with Crippen molar-refractivity contribution in [1.29, 1.82) is 0 Å². The Morgan fingerprint density at radius 2 is 2.05 bits per heavy atom. The van der Waals surface area contributed by atoms with Crippen LogP contribution in [-0.2, 0) is 4.74 Å². The lowest BCUT2D eigenvalue weighted by Gasteiger charge is -2.14. The monoisotopic (exact) mass is 310 g/mol. The third-order valence-electron chi connectivity index (χ3n) is 4.48. The molecule has 128 valence electrons. The van der Waals surface area contributed by atoms with Gasteiger partial charge in [0.15, 0.2) is 5.96 Å². The summed E-state index contributed by atoms with van der Waals surface area (Å²) in [6, 6.07) is 0. The summed E-state index contributed by atoms with van der Waals surface area (Å²) in [4.78, 5) is 7.26. The molecule has 0 aromatic heterocycles. The van der Waals surface area contributed by atoms with Crippen LogP contribution in [0.15, 0.2) is 4.99 Å². The smallest absolute Gasteiger partial charge is 0.191 e. The van der Waals surface area contributed by atoms with Crippen LogP contribution in [0.3, 0.4) is 0 Å². The molecule has 0 amide bonds. The fraction of sp³-hybridized carbons (Fsp3) is 0.941. The fourth-order valence-electron chi connectivity index (χ4n) is 2.83. The Hall–Kier alpha value is -0.810. The first-order valence-corrected chi connectivity index (χ1v) is 9.14. The molecule has 2 N–H and O–H groups in total. The van der Waals surface area contributed by atoms with Gasteiger partial charge < -0.3 is 20.3 Å². The van der Waals surface area contributed by atoms with Crippen LogP contribution >= 0.6 is 0 Å². The van der Waals surface area contributed by atoms with E-state index in [4.69, 9.17) is 9.73 Å². The van der Waals surface area contributed by atoms with Gasteiger partial charge in [-0.2, -0.15) is 0 Å². The molecule has 0 radical (unpaired) electrons. The molecule has 2 fully saturated rings. The van der Waals surface area contributed by atoms with Crippen LogP contribution in [0.5, 0.6) is 0 Å². The highest BCUT2D eigenvalue weighted by Gasteiger charge is 2.21. The molecule has 1 unspecified atom stereocenters. The van der Waals surface area contributed by atoms with E-state index in [-0.39, 0.29) is 0 Å². The highest BCUT2D eigenvalue weighted by Crippen LogP contribution is 2.28. The average Bonchev–Trinajstić information content (AvgIpc) is 3.24. The average molecular weight is 310 g/mol. The van der Waals surface area contributed by atoms with E-state index in [1.807, 2.05) is 0 Å². The van der Waals surface area contributed by atoms with E-state index in [0.29, 0.717) is 0 Å². The summed E-state index contributed by atoms with van der Waals surface area (Å²) in [6.07, 6.45) is 5.06. The summed E-state index contributed by atoms with van der Waals surface area (Å²) >= 11 is 0. The number of nitrogens with one attached hydrogen (secondary N) is 2. The van der Waals surface area contributed by atoms with Gasteiger partial charge in [0.2, 0.25) is 0 Å². The third kappa shape index (κ3) is 6.97. The molecule has 2 aliphatic rings. The first-order valence-electron chi connectivity index (χ1n) is 9.14. The molecule has 1 atom stereocenters. The molecule has 0 aromatic rings. The summed E-state index contributed by atoms with van der Waals surface area (Å²) < 4.78 is 5.66. The topological polar surface area (TPSA) is 48.9 Å². The summed E-state index contributed by atoms with van der Waals surface area (Å²) in [5.74, 6) is 2.54. The molecule has 1 saturated heterocycles. The highest BCUT2D eigenvalue weighted by atomic mass is 16.5. The van der Waals surface area contributed by atoms with Crippen molar-refractivity contribution in [2.75, 3.05) is 52.5 Å². The minimum atomic E-state index is 0.720. The maximum Gasteiger partial charge on any atom is 0.191 e. The van der Waals surface area contributed by atoms with E-state index < -0.39 is 0 Å². The molecule has 2 rings (SSSR count). The van der Waals surface area contributed by atoms with Crippen LogP contribution in [-0.4, -0.2) is 63.3 Å². The van der Waals surface area contributed by atoms with Gasteiger partial charge in [0.05, 0.1) is 0 Å². The second-order valence-corrected chi connectivity index (χ2v) is 6.57. The molecule has 1 aliphatic heterocycles. The zero-order valence-corrected chi connectivity index (χ0v) is 14.4. The Labute approximate surface area is 135 Å². The molecule has 0 bridgehead atoms. The van der Waals surface area contributed by atoms with Crippen molar-refractivity contribution < 1.29 is 4.74 Å². The number of ether oxygens (including phenoxy) is 1. The highest BCUT2D eigenvalue weighted by molar-refractivity contribution is 5.79. The number of guanidine groups is 1. The van der Waals surface area contributed by atoms with Gasteiger partial charge in [0.1, 0.15) is 0 Å². The molecule has 1 heterocycles. The number of hydrogen-bond donors (Lipinski definition) is 2. The quantitative estimate of drug-likeness (QED) is 0.366. The van der Waals surface area contributed by atoms with Gasteiger partial charge >= 0.3 is 0 Å². The van der Waals surface area contributed by atoms with Crippen LogP contribution in [0.1, 0.15) is 39.5 Å². The molecule has 22 heavy (non-hydrogen) atoms. The van der Waals surface area contributed by atoms with E-state index >= 15 is 0 Å². The number of hydrogen-bond acceptors (Lipinski definition) is 3. The second-order valence-electron chi connectivity index (χ2n) is 6.57. The predicted molar refractivity (Wildman–Crippen MR) is 92.4 cm³/mol. The number of nitrogens with zero attached hydrogens (tertiary/aromatic N) is 2. The van der Waals surface area contributed by atoms with Crippen LogP contribution in [0.2, 0.25) is 0 Å². The minimum Gasteiger partial charge on any atom is -0.381 e. The van der Waals surface area contributed by atoms with Crippen LogP contribution < -0.4 is 10.6 Å². The third-order valence-corrected chi connectivity index (χ3v) is 4.48. The Kier molecular flexibility index (Phi) is 8.02. The van der Waals surface area contributed by atoms with Crippen LogP contribution in [0.25, 0.3) is 0 Å². The SMILES string of the molecule is CCNC(=NCC1CCN(CC)C1)NCCCOCC1CC1. The number of aliphatic imine (C=N–C) groups is 1. The molecule has 1 aliphatic carbocycles. The molecule has 0 spiro atoms. The molecule has 1 saturated carbocycles. The lowest BCUT2D eigenvalue weighted by Crippen LogP contribution is -2.38. The van der Waals surface area contributed by atoms with E-state index in [0.717, 1.165) is 57.1 Å². The second kappa shape index (κ2) is 10.1. The van der Waals surface area contributed by atoms with Crippen LogP contribution in [0, 0.1) is 11.8 Å². The summed E-state index contributed by atoms with van der Waals surface area (Å²) in [5.41, 5.74) is 0. The maximum atomic E-state index is 5.66. The summed E-state index contributed by atoms with van der Waals surface area (Å²) in [7, 11) is 0. The van der Waals surface area contributed by atoms with Crippen molar-refractivity contribution in [3.05, 3.63) is 0 Å². The van der Waals surface area contributed by atoms with Crippen molar-refractivity contribution >= 4 is 5.96 Å². The summed E-state index contributed by atoms with van der Waals surface area (Å²) in [5, 5.41) is 6.75. The van der Waals surface area contributed by atoms with Crippen molar-refractivity contribution in [2.45, 2.75) is 39.5 Å². The van der Waals surface area contributed by atoms with Gasteiger partial charge in [-0.05, 0) is 57.5 Å². The van der Waals surface area contributed by atoms with E-state index in [1.165, 1.54) is 38.9 Å². The lowest BCUT2D eigenvalue weighted by atomic mass is 10.1. The molecular weight excluding hydrogens is 276 g/mol. The largest absolute Gasteiger partial charge is 0.381 e. The van der Waals surface area contributed by atoms with E-state index in [9.17, 15) is 0 Å². The minimum absolute atomic E-state index is 0.720. The Morgan fingerprint density at radius 1 is 1.18 bits per heavy atom. The fourth-order valence-corrected chi connectivity index (χ4v) is 2.83. The van der Waals surface area contributed by atoms with Crippen molar-refractivity contribution in [2.24, 2.45) is 16.8 Å². The lowest BCUT2D eigenvalue weighted by molar-refractivity contribution is 0.123. The Morgan fingerprint density at radius 3 is 2.73 bits per heavy atom. The van der Waals surface area contributed by atoms with Crippen molar-refractivity contribution in [3.63, 3.8) is 0 Å². The Balaban J connectivity index is 1.57. The van der Waals surface area contributed by atoms with Gasteiger partial charge in [-0.15, -0.1) is 0 Å². The van der Waals surface area contributed by atoms with Gasteiger partial charge in [-0.3, -0.25) is 4.99 Å². The first kappa shape index (κ1) is 17.5. The van der Waals surface area contributed by atoms with Crippen molar-refractivity contribution in [1.82, 2.24) is 15.5 Å². The zero-order chi connectivity index (χ0) is 15.6. The Bertz CT molecular complexity index is 331. The predicted octanol–water partition coefficient (Wildman–Crippen LogP) is 1.70. The normalized spacial score (nSPS) is 23.0. The first-order chi connectivity index (χ1) is 10.8. The molecule has 5 heteroatoms. The molecule has 0 aromatic carbocycles. The molecule has 5 nitrogen and oxygen atoms in total. The van der Waals surface area contributed by atoms with E-state index in [2.05, 4.69) is 29.4 Å². The summed E-state index contributed by atoms with van der Waals surface area (Å²) in [6.45, 7) is 12.6. The molecular formula is C17H34N4O. The van der Waals surface area contributed by atoms with Gasteiger partial charge in [0, 0.05) is 39.4 Å². The van der Waals surface area contributed by atoms with Crippen LogP contribution in [0.4, 0.5) is 0 Å². The van der Waals surface area contributed by atoms with Gasteiger partial charge in [0.25, 0.3) is 0 Å².